The van der Waals surface area contributed by atoms with Crippen molar-refractivity contribution in [2.75, 3.05) is 39.4 Å². The van der Waals surface area contributed by atoms with Gasteiger partial charge in [-0.3, -0.25) is 4.90 Å². The quantitative estimate of drug-likeness (QED) is 0.771. The summed E-state index contributed by atoms with van der Waals surface area (Å²) in [6.45, 7) is 4.76. The van der Waals surface area contributed by atoms with E-state index >= 15 is 0 Å². The van der Waals surface area contributed by atoms with Crippen molar-refractivity contribution in [3.8, 4) is 0 Å². The van der Waals surface area contributed by atoms with Gasteiger partial charge in [-0.05, 0) is 24.6 Å². The molecule has 0 aliphatic carbocycles. The third-order valence-corrected chi connectivity index (χ3v) is 4.40. The summed E-state index contributed by atoms with van der Waals surface area (Å²) in [5.74, 6) is 0. The molecule has 0 radical (unpaired) electrons. The van der Waals surface area contributed by atoms with E-state index in [2.05, 4.69) is 9.62 Å². The lowest BCUT2D eigenvalue weighted by Gasteiger charge is -2.26. The van der Waals surface area contributed by atoms with Gasteiger partial charge in [-0.25, -0.2) is 13.1 Å². The Bertz CT molecular complexity index is 537. The molecule has 21 heavy (non-hydrogen) atoms. The van der Waals surface area contributed by atoms with Crippen LogP contribution in [0.5, 0.6) is 0 Å². The Hall–Kier alpha value is -1.21. The predicted molar refractivity (Wildman–Crippen MR) is 84.3 cm³/mol. The van der Waals surface area contributed by atoms with E-state index in [4.69, 9.17) is 4.74 Å². The number of nitrogens with zero attached hydrogens (tertiary/aromatic N) is 1. The number of nitrogens with one attached hydrogen (secondary N) is 1. The largest absolute Gasteiger partial charge is 0.379 e. The molecule has 5 nitrogen and oxygen atoms in total. The minimum absolute atomic E-state index is 0.457. The zero-order chi connectivity index (χ0) is 15.0. The highest BCUT2D eigenvalue weighted by molar-refractivity contribution is 7.92. The van der Waals surface area contributed by atoms with Crippen LogP contribution in [-0.2, 0) is 14.8 Å². The lowest BCUT2D eigenvalue weighted by Crippen LogP contribution is -2.38. The standard InChI is InChI=1S/C15H22N2O3S/c18-21(19,14-7-15-5-2-1-3-6-15)16-8-4-9-17-10-12-20-13-11-17/h1-3,5-7,14,16H,4,8-13H2. The zero-order valence-electron chi connectivity index (χ0n) is 12.1. The van der Waals surface area contributed by atoms with Crippen molar-refractivity contribution in [1.29, 1.82) is 0 Å². The second-order valence-corrected chi connectivity index (χ2v) is 6.61. The van der Waals surface area contributed by atoms with E-state index in [0.29, 0.717) is 6.54 Å². The average Bonchev–Trinajstić information content (AvgIpc) is 2.52. The van der Waals surface area contributed by atoms with Crippen LogP contribution in [-0.4, -0.2) is 52.7 Å². The molecular formula is C15H22N2O3S. The fraction of sp³-hybridized carbons (Fsp3) is 0.467. The van der Waals surface area contributed by atoms with Gasteiger partial charge in [0.15, 0.2) is 0 Å². The Kier molecular flexibility index (Phi) is 6.38. The molecule has 2 rings (SSSR count). The zero-order valence-corrected chi connectivity index (χ0v) is 12.9. The topological polar surface area (TPSA) is 58.6 Å². The highest BCUT2D eigenvalue weighted by Crippen LogP contribution is 2.03. The number of ether oxygens (including phenoxy) is 1. The molecule has 6 heteroatoms. The first-order valence-corrected chi connectivity index (χ1v) is 8.73. The molecule has 1 fully saturated rings. The molecule has 116 valence electrons. The van der Waals surface area contributed by atoms with E-state index in [-0.39, 0.29) is 0 Å². The minimum Gasteiger partial charge on any atom is -0.379 e. The number of rotatable bonds is 7. The molecule has 0 aromatic heterocycles. The molecule has 0 amide bonds. The summed E-state index contributed by atoms with van der Waals surface area (Å²) >= 11 is 0. The Labute approximate surface area is 126 Å². The Morgan fingerprint density at radius 2 is 1.90 bits per heavy atom. The first-order chi connectivity index (χ1) is 10.2. The van der Waals surface area contributed by atoms with Crippen molar-refractivity contribution in [3.63, 3.8) is 0 Å². The molecule has 1 aromatic rings. The monoisotopic (exact) mass is 310 g/mol. The van der Waals surface area contributed by atoms with Crippen LogP contribution in [0, 0.1) is 0 Å². The van der Waals surface area contributed by atoms with Gasteiger partial charge in [-0.1, -0.05) is 30.3 Å². The molecule has 0 spiro atoms. The molecule has 1 saturated heterocycles. The molecule has 0 unspecified atom stereocenters. The smallest absolute Gasteiger partial charge is 0.233 e. The van der Waals surface area contributed by atoms with Gasteiger partial charge in [-0.15, -0.1) is 0 Å². The number of sulfonamides is 1. The van der Waals surface area contributed by atoms with Gasteiger partial charge < -0.3 is 4.74 Å². The molecule has 0 bridgehead atoms. The van der Waals surface area contributed by atoms with E-state index in [1.807, 2.05) is 30.3 Å². The summed E-state index contributed by atoms with van der Waals surface area (Å²) < 4.78 is 31.5. The Morgan fingerprint density at radius 3 is 2.62 bits per heavy atom. The van der Waals surface area contributed by atoms with E-state index in [9.17, 15) is 8.42 Å². The molecule has 1 N–H and O–H groups in total. The molecular weight excluding hydrogens is 288 g/mol. The van der Waals surface area contributed by atoms with E-state index in [1.165, 1.54) is 5.41 Å². The fourth-order valence-corrected chi connectivity index (χ4v) is 2.98. The van der Waals surface area contributed by atoms with Gasteiger partial charge in [0.05, 0.1) is 13.2 Å². The highest BCUT2D eigenvalue weighted by Gasteiger charge is 2.10. The van der Waals surface area contributed by atoms with Crippen LogP contribution in [0.1, 0.15) is 12.0 Å². The summed E-state index contributed by atoms with van der Waals surface area (Å²) in [6, 6.07) is 9.38. The van der Waals surface area contributed by atoms with Crippen LogP contribution in [0.25, 0.3) is 6.08 Å². The van der Waals surface area contributed by atoms with Gasteiger partial charge in [0.1, 0.15) is 0 Å². The van der Waals surface area contributed by atoms with Crippen LogP contribution < -0.4 is 4.72 Å². The van der Waals surface area contributed by atoms with Crippen molar-refractivity contribution in [3.05, 3.63) is 41.3 Å². The van der Waals surface area contributed by atoms with Crippen LogP contribution in [0.4, 0.5) is 0 Å². The number of benzene rings is 1. The van der Waals surface area contributed by atoms with Crippen molar-refractivity contribution in [2.24, 2.45) is 0 Å². The van der Waals surface area contributed by atoms with Gasteiger partial charge in [0.25, 0.3) is 0 Å². The van der Waals surface area contributed by atoms with Crippen molar-refractivity contribution in [2.45, 2.75) is 6.42 Å². The van der Waals surface area contributed by atoms with Crippen molar-refractivity contribution in [1.82, 2.24) is 9.62 Å². The van der Waals surface area contributed by atoms with Crippen molar-refractivity contribution < 1.29 is 13.2 Å². The van der Waals surface area contributed by atoms with Crippen LogP contribution in [0.15, 0.2) is 35.7 Å². The maximum Gasteiger partial charge on any atom is 0.233 e. The summed E-state index contributed by atoms with van der Waals surface area (Å²) in [5, 5.41) is 1.22. The van der Waals surface area contributed by atoms with Crippen LogP contribution in [0.2, 0.25) is 0 Å². The Morgan fingerprint density at radius 1 is 1.19 bits per heavy atom. The molecule has 0 atom stereocenters. The lowest BCUT2D eigenvalue weighted by atomic mass is 10.2. The number of morpholine rings is 1. The fourth-order valence-electron chi connectivity index (χ4n) is 2.12. The van der Waals surface area contributed by atoms with Gasteiger partial charge in [-0.2, -0.15) is 0 Å². The first kappa shape index (κ1) is 16.2. The maximum atomic E-state index is 11.8. The highest BCUT2D eigenvalue weighted by atomic mass is 32.2. The molecule has 1 aromatic carbocycles. The van der Waals surface area contributed by atoms with E-state index in [0.717, 1.165) is 44.8 Å². The molecule has 0 saturated carbocycles. The second-order valence-electron chi connectivity index (χ2n) is 4.96. The first-order valence-electron chi connectivity index (χ1n) is 7.19. The third kappa shape index (κ3) is 6.39. The SMILES string of the molecule is O=S(=O)(C=Cc1ccccc1)NCCCN1CCOCC1. The normalized spacial score (nSPS) is 17.3. The number of hydrogen-bond donors (Lipinski definition) is 1. The van der Waals surface area contributed by atoms with Gasteiger partial charge in [0.2, 0.25) is 10.0 Å². The third-order valence-electron chi connectivity index (χ3n) is 3.30. The van der Waals surface area contributed by atoms with E-state index in [1.54, 1.807) is 6.08 Å². The van der Waals surface area contributed by atoms with Gasteiger partial charge >= 0.3 is 0 Å². The number of hydrogen-bond acceptors (Lipinski definition) is 4. The minimum atomic E-state index is -3.36. The van der Waals surface area contributed by atoms with Gasteiger partial charge in [0, 0.05) is 25.0 Å². The lowest BCUT2D eigenvalue weighted by molar-refractivity contribution is 0.0376. The summed E-state index contributed by atoms with van der Waals surface area (Å²) in [6.07, 6.45) is 2.41. The summed E-state index contributed by atoms with van der Waals surface area (Å²) in [4.78, 5) is 2.29. The molecule has 1 aliphatic heterocycles. The second kappa shape index (κ2) is 8.29. The summed E-state index contributed by atoms with van der Waals surface area (Å²) in [5.41, 5.74) is 0.871. The van der Waals surface area contributed by atoms with E-state index < -0.39 is 10.0 Å². The van der Waals surface area contributed by atoms with Crippen LogP contribution >= 0.6 is 0 Å². The predicted octanol–water partition coefficient (Wildman–Crippen LogP) is 1.30. The molecule has 1 aliphatic rings. The molecule has 1 heterocycles. The Balaban J connectivity index is 1.70. The van der Waals surface area contributed by atoms with Crippen LogP contribution in [0.3, 0.4) is 0 Å². The summed E-state index contributed by atoms with van der Waals surface area (Å²) in [7, 11) is -3.36. The maximum absolute atomic E-state index is 11.8. The van der Waals surface area contributed by atoms with Crippen molar-refractivity contribution >= 4 is 16.1 Å². The average molecular weight is 310 g/mol.